The number of fused-ring (bicyclic) bond motifs is 1. The van der Waals surface area contributed by atoms with Gasteiger partial charge in [-0.15, -0.1) is 0 Å². The summed E-state index contributed by atoms with van der Waals surface area (Å²) in [5.74, 6) is 0.913. The second kappa shape index (κ2) is 9.67. The highest BCUT2D eigenvalue weighted by atomic mass is 32.1. The molecule has 6 nitrogen and oxygen atoms in total. The van der Waals surface area contributed by atoms with Crippen LogP contribution < -0.4 is 10.6 Å². The van der Waals surface area contributed by atoms with Crippen LogP contribution >= 0.6 is 12.2 Å². The third-order valence-corrected chi connectivity index (χ3v) is 6.87. The quantitative estimate of drug-likeness (QED) is 0.245. The Morgan fingerprint density at radius 2 is 1.59 bits per heavy atom. The molecule has 186 valence electrons. The Kier molecular flexibility index (Phi) is 6.39. The molecule has 2 N–H and O–H groups in total. The molecule has 0 aliphatic carbocycles. The number of rotatable bonds is 4. The van der Waals surface area contributed by atoms with Crippen LogP contribution in [-0.4, -0.2) is 16.0 Å². The fourth-order valence-electron chi connectivity index (χ4n) is 4.13. The topological polar surface area (TPSA) is 80.3 Å². The van der Waals surface area contributed by atoms with Crippen molar-refractivity contribution in [3.05, 3.63) is 94.2 Å². The molecule has 0 radical (unpaired) electrons. The first-order valence-corrected chi connectivity index (χ1v) is 12.4. The van der Waals surface area contributed by atoms with E-state index in [4.69, 9.17) is 21.1 Å². The molecule has 37 heavy (non-hydrogen) atoms. The van der Waals surface area contributed by atoms with Gasteiger partial charge in [0.05, 0.1) is 0 Å². The molecule has 3 aromatic carbocycles. The van der Waals surface area contributed by atoms with E-state index in [1.54, 1.807) is 12.1 Å². The molecular formula is C30H27N3O3S. The highest BCUT2D eigenvalue weighted by Gasteiger charge is 2.17. The van der Waals surface area contributed by atoms with Gasteiger partial charge in [-0.25, -0.2) is 4.98 Å². The fourth-order valence-corrected chi connectivity index (χ4v) is 4.33. The zero-order valence-corrected chi connectivity index (χ0v) is 22.2. The van der Waals surface area contributed by atoms with Gasteiger partial charge in [-0.2, -0.15) is 0 Å². The van der Waals surface area contributed by atoms with Gasteiger partial charge in [0.15, 0.2) is 16.5 Å². The van der Waals surface area contributed by atoms with Crippen LogP contribution in [-0.2, 0) is 0 Å². The Hall–Kier alpha value is -4.23. The van der Waals surface area contributed by atoms with Gasteiger partial charge in [-0.1, -0.05) is 18.2 Å². The maximum absolute atomic E-state index is 12.8. The van der Waals surface area contributed by atoms with Crippen molar-refractivity contribution in [1.82, 2.24) is 10.3 Å². The van der Waals surface area contributed by atoms with Gasteiger partial charge in [0.25, 0.3) is 5.91 Å². The Morgan fingerprint density at radius 1 is 0.838 bits per heavy atom. The molecule has 1 amide bonds. The van der Waals surface area contributed by atoms with Gasteiger partial charge >= 0.3 is 0 Å². The summed E-state index contributed by atoms with van der Waals surface area (Å²) in [6, 6.07) is 19.2. The van der Waals surface area contributed by atoms with E-state index in [9.17, 15) is 4.79 Å². The normalized spacial score (nSPS) is 11.1. The monoisotopic (exact) mass is 509 g/mol. The number of carbonyl (C=O) groups excluding carboxylic acids is 1. The molecular weight excluding hydrogens is 482 g/mol. The molecule has 0 unspecified atom stereocenters. The lowest BCUT2D eigenvalue weighted by Crippen LogP contribution is -2.34. The van der Waals surface area contributed by atoms with E-state index in [1.807, 2.05) is 62.4 Å². The zero-order chi connectivity index (χ0) is 26.3. The lowest BCUT2D eigenvalue weighted by molar-refractivity contribution is 0.0951. The molecule has 0 saturated carbocycles. The van der Waals surface area contributed by atoms with Crippen molar-refractivity contribution in [2.24, 2.45) is 0 Å². The maximum atomic E-state index is 12.8. The molecule has 0 bridgehead atoms. The summed E-state index contributed by atoms with van der Waals surface area (Å²) in [5, 5.41) is 5.98. The van der Waals surface area contributed by atoms with Crippen molar-refractivity contribution < 1.29 is 13.6 Å². The number of amides is 1. The van der Waals surface area contributed by atoms with Crippen LogP contribution in [0.1, 0.15) is 38.4 Å². The van der Waals surface area contributed by atoms with E-state index >= 15 is 0 Å². The van der Waals surface area contributed by atoms with Crippen molar-refractivity contribution >= 4 is 40.0 Å². The predicted octanol–water partition coefficient (Wildman–Crippen LogP) is 7.42. The van der Waals surface area contributed by atoms with E-state index < -0.39 is 5.91 Å². The van der Waals surface area contributed by atoms with Crippen LogP contribution in [0.2, 0.25) is 0 Å². The van der Waals surface area contributed by atoms with Crippen LogP contribution in [0.4, 0.5) is 5.69 Å². The smallest absolute Gasteiger partial charge is 0.293 e. The highest BCUT2D eigenvalue weighted by Crippen LogP contribution is 2.31. The Bertz CT molecular complexity index is 1640. The molecule has 0 fully saturated rings. The van der Waals surface area contributed by atoms with Crippen molar-refractivity contribution in [2.45, 2.75) is 34.6 Å². The van der Waals surface area contributed by atoms with Crippen molar-refractivity contribution in [2.75, 3.05) is 5.32 Å². The minimum absolute atomic E-state index is 0.165. The van der Waals surface area contributed by atoms with Gasteiger partial charge in [0, 0.05) is 16.8 Å². The van der Waals surface area contributed by atoms with Crippen LogP contribution in [0.5, 0.6) is 0 Å². The number of hydrogen-bond donors (Lipinski definition) is 2. The number of hydrogen-bond acceptors (Lipinski definition) is 5. The van der Waals surface area contributed by atoms with Gasteiger partial charge in [0.1, 0.15) is 11.3 Å². The minimum atomic E-state index is -0.425. The zero-order valence-electron chi connectivity index (χ0n) is 21.4. The van der Waals surface area contributed by atoms with Crippen LogP contribution in [0.15, 0.2) is 69.5 Å². The summed E-state index contributed by atoms with van der Waals surface area (Å²) >= 11 is 5.42. The Labute approximate surface area is 220 Å². The highest BCUT2D eigenvalue weighted by molar-refractivity contribution is 7.80. The second-order valence-electron chi connectivity index (χ2n) is 9.27. The molecule has 0 spiro atoms. The third-order valence-electron chi connectivity index (χ3n) is 6.66. The third kappa shape index (κ3) is 4.90. The Morgan fingerprint density at radius 3 is 2.38 bits per heavy atom. The number of aromatic nitrogens is 1. The van der Waals surface area contributed by atoms with Crippen molar-refractivity contribution in [3.8, 4) is 22.8 Å². The molecule has 5 aromatic rings. The predicted molar refractivity (Wildman–Crippen MR) is 151 cm³/mol. The average Bonchev–Trinajstić information content (AvgIpc) is 3.50. The van der Waals surface area contributed by atoms with Crippen molar-refractivity contribution in [1.29, 1.82) is 0 Å². The lowest BCUT2D eigenvalue weighted by Gasteiger charge is -2.13. The maximum Gasteiger partial charge on any atom is 0.293 e. The average molecular weight is 510 g/mol. The summed E-state index contributed by atoms with van der Waals surface area (Å²) < 4.78 is 11.9. The summed E-state index contributed by atoms with van der Waals surface area (Å²) in [7, 11) is 0. The molecule has 0 saturated heterocycles. The fraction of sp³-hybridized carbons (Fsp3) is 0.167. The molecule has 2 aromatic heterocycles. The van der Waals surface area contributed by atoms with Crippen LogP contribution in [0.25, 0.3) is 33.9 Å². The molecule has 7 heteroatoms. The summed E-state index contributed by atoms with van der Waals surface area (Å²) in [6.07, 6.45) is 0. The second-order valence-corrected chi connectivity index (χ2v) is 9.68. The molecule has 0 aliphatic rings. The molecule has 5 rings (SSSR count). The van der Waals surface area contributed by atoms with E-state index in [-0.39, 0.29) is 10.9 Å². The van der Waals surface area contributed by atoms with Crippen LogP contribution in [0.3, 0.4) is 0 Å². The minimum Gasteiger partial charge on any atom is -0.451 e. The number of benzene rings is 3. The first-order valence-electron chi connectivity index (χ1n) is 12.0. The van der Waals surface area contributed by atoms with E-state index in [1.165, 1.54) is 11.1 Å². The van der Waals surface area contributed by atoms with E-state index in [2.05, 4.69) is 36.4 Å². The number of carbonyl (C=O) groups is 1. The SMILES string of the molecule is Cc1ccc(-c2ccc(C(=O)NC(=S)Nc3cccc(-c4nc5cc(C)c(C)cc5o4)c3C)o2)cc1C. The number of furan rings is 1. The number of nitrogens with zero attached hydrogens (tertiary/aromatic N) is 1. The van der Waals surface area contributed by atoms with Gasteiger partial charge in [0.2, 0.25) is 5.89 Å². The first kappa shape index (κ1) is 24.5. The number of oxazole rings is 1. The first-order chi connectivity index (χ1) is 17.7. The number of anilines is 1. The molecule has 0 atom stereocenters. The lowest BCUT2D eigenvalue weighted by atomic mass is 10.1. The summed E-state index contributed by atoms with van der Waals surface area (Å²) in [6.45, 7) is 10.2. The summed E-state index contributed by atoms with van der Waals surface area (Å²) in [4.78, 5) is 17.5. The largest absolute Gasteiger partial charge is 0.451 e. The van der Waals surface area contributed by atoms with Crippen LogP contribution in [0, 0.1) is 34.6 Å². The summed E-state index contributed by atoms with van der Waals surface area (Å²) in [5.41, 5.74) is 9.64. The van der Waals surface area contributed by atoms with Gasteiger partial charge in [-0.3, -0.25) is 10.1 Å². The van der Waals surface area contributed by atoms with E-state index in [0.717, 1.165) is 44.6 Å². The van der Waals surface area contributed by atoms with Gasteiger partial charge < -0.3 is 14.2 Å². The van der Waals surface area contributed by atoms with Gasteiger partial charge in [-0.05, 0) is 117 Å². The van der Waals surface area contributed by atoms with Crippen molar-refractivity contribution in [3.63, 3.8) is 0 Å². The van der Waals surface area contributed by atoms with E-state index in [0.29, 0.717) is 11.7 Å². The standard InChI is InChI=1S/C30H27N3O3S/c1-16-9-10-21(13-17(16)2)25-11-12-26(35-25)28(34)33-30(37)32-23-8-6-7-22(20(23)5)29-31-24-14-18(3)19(4)15-27(24)36-29/h6-15H,1-5H3,(H2,32,33,34,37). The Balaban J connectivity index is 1.31. The number of nitrogens with one attached hydrogen (secondary N) is 2. The number of thiocarbonyl (C=S) groups is 1. The molecule has 2 heterocycles. The number of aryl methyl sites for hydroxylation is 4. The molecule has 0 aliphatic heterocycles.